The fourth-order valence-corrected chi connectivity index (χ4v) is 2.99. The second-order valence-electron chi connectivity index (χ2n) is 6.08. The van der Waals surface area contributed by atoms with Crippen molar-refractivity contribution in [3.05, 3.63) is 36.7 Å². The molecule has 2 heterocycles. The van der Waals surface area contributed by atoms with Crippen molar-refractivity contribution in [3.63, 3.8) is 0 Å². The van der Waals surface area contributed by atoms with E-state index in [2.05, 4.69) is 20.2 Å². The molecule has 138 valence electrons. The molecule has 1 saturated heterocycles. The first-order valence-electron chi connectivity index (χ1n) is 8.57. The predicted molar refractivity (Wildman–Crippen MR) is 98.0 cm³/mol. The van der Waals surface area contributed by atoms with Crippen LogP contribution in [0.4, 0.5) is 11.6 Å². The van der Waals surface area contributed by atoms with Gasteiger partial charge in [-0.3, -0.25) is 4.79 Å². The minimum absolute atomic E-state index is 0.0454. The number of rotatable bonds is 6. The van der Waals surface area contributed by atoms with Crippen molar-refractivity contribution < 1.29 is 19.2 Å². The molecule has 0 spiro atoms. The van der Waals surface area contributed by atoms with E-state index in [1.165, 1.54) is 4.90 Å². The lowest BCUT2D eigenvalue weighted by atomic mass is 10.2. The number of piperazine rings is 1. The molecular formula is C18H24N5O3+. The molecule has 0 radical (unpaired) electrons. The van der Waals surface area contributed by atoms with Crippen LogP contribution in [-0.4, -0.2) is 62.8 Å². The van der Waals surface area contributed by atoms with Gasteiger partial charge in [0, 0.05) is 18.5 Å². The van der Waals surface area contributed by atoms with E-state index in [4.69, 9.17) is 9.47 Å². The van der Waals surface area contributed by atoms with E-state index < -0.39 is 0 Å². The summed E-state index contributed by atoms with van der Waals surface area (Å²) in [5, 5.41) is 2.92. The van der Waals surface area contributed by atoms with Gasteiger partial charge in [-0.2, -0.15) is 0 Å². The summed E-state index contributed by atoms with van der Waals surface area (Å²) in [6, 6.07) is 7.14. The normalized spacial score (nSPS) is 14.8. The topological polar surface area (TPSA) is 81.0 Å². The highest BCUT2D eigenvalue weighted by atomic mass is 16.5. The summed E-state index contributed by atoms with van der Waals surface area (Å²) in [6.45, 7) is 3.79. The van der Waals surface area contributed by atoms with Crippen LogP contribution in [0.15, 0.2) is 36.7 Å². The smallest absolute Gasteiger partial charge is 0.279 e. The van der Waals surface area contributed by atoms with Gasteiger partial charge in [0.05, 0.1) is 46.1 Å². The first-order chi connectivity index (χ1) is 12.7. The molecule has 0 aliphatic carbocycles. The second-order valence-corrected chi connectivity index (χ2v) is 6.08. The van der Waals surface area contributed by atoms with E-state index >= 15 is 0 Å². The molecule has 8 heteroatoms. The van der Waals surface area contributed by atoms with Gasteiger partial charge in [0.2, 0.25) is 5.95 Å². The Hall–Kier alpha value is -2.87. The van der Waals surface area contributed by atoms with Crippen molar-refractivity contribution in [2.24, 2.45) is 0 Å². The molecule has 1 fully saturated rings. The maximum atomic E-state index is 12.4. The zero-order chi connectivity index (χ0) is 18.4. The molecule has 3 rings (SSSR count). The van der Waals surface area contributed by atoms with Gasteiger partial charge < -0.3 is 24.6 Å². The van der Waals surface area contributed by atoms with E-state index in [9.17, 15) is 4.79 Å². The average Bonchev–Trinajstić information content (AvgIpc) is 2.69. The lowest BCUT2D eigenvalue weighted by Gasteiger charge is -2.31. The summed E-state index contributed by atoms with van der Waals surface area (Å²) in [5.41, 5.74) is 0.618. The zero-order valence-electron chi connectivity index (χ0n) is 15.1. The van der Waals surface area contributed by atoms with Crippen molar-refractivity contribution in [2.45, 2.75) is 0 Å². The number of benzene rings is 1. The Morgan fingerprint density at radius 1 is 1.19 bits per heavy atom. The number of hydrogen-bond acceptors (Lipinski definition) is 6. The van der Waals surface area contributed by atoms with E-state index in [1.54, 1.807) is 44.8 Å². The quantitative estimate of drug-likeness (QED) is 0.747. The fraction of sp³-hybridized carbons (Fsp3) is 0.389. The Kier molecular flexibility index (Phi) is 5.85. The van der Waals surface area contributed by atoms with Gasteiger partial charge in [-0.15, -0.1) is 0 Å². The third-order valence-corrected chi connectivity index (χ3v) is 4.40. The van der Waals surface area contributed by atoms with Crippen molar-refractivity contribution in [2.75, 3.05) is 57.2 Å². The molecule has 2 N–H and O–H groups in total. The van der Waals surface area contributed by atoms with Gasteiger partial charge >= 0.3 is 0 Å². The Balaban J connectivity index is 1.53. The van der Waals surface area contributed by atoms with Crippen LogP contribution in [-0.2, 0) is 4.79 Å². The number of amides is 1. The van der Waals surface area contributed by atoms with E-state index in [-0.39, 0.29) is 5.91 Å². The number of aromatic nitrogens is 2. The molecule has 8 nitrogen and oxygen atoms in total. The number of methoxy groups -OCH3 is 2. The lowest BCUT2D eigenvalue weighted by Crippen LogP contribution is -3.15. The maximum absolute atomic E-state index is 12.4. The molecule has 0 unspecified atom stereocenters. The third kappa shape index (κ3) is 4.40. The predicted octanol–water partition coefficient (Wildman–Crippen LogP) is -0.163. The van der Waals surface area contributed by atoms with Crippen molar-refractivity contribution in [3.8, 4) is 11.5 Å². The summed E-state index contributed by atoms with van der Waals surface area (Å²) in [4.78, 5) is 24.4. The zero-order valence-corrected chi connectivity index (χ0v) is 15.1. The maximum Gasteiger partial charge on any atom is 0.279 e. The van der Waals surface area contributed by atoms with Gasteiger partial charge in [0.1, 0.15) is 11.5 Å². The number of hydrogen-bond donors (Lipinski definition) is 2. The highest BCUT2D eigenvalue weighted by Gasteiger charge is 2.24. The minimum Gasteiger partial charge on any atom is -0.497 e. The van der Waals surface area contributed by atoms with Crippen LogP contribution in [0.25, 0.3) is 0 Å². The molecule has 0 bridgehead atoms. The summed E-state index contributed by atoms with van der Waals surface area (Å²) < 4.78 is 10.5. The van der Waals surface area contributed by atoms with Gasteiger partial charge in [-0.1, -0.05) is 0 Å². The molecule has 0 atom stereocenters. The van der Waals surface area contributed by atoms with Gasteiger partial charge in [0.15, 0.2) is 6.54 Å². The molecule has 1 aliphatic rings. The van der Waals surface area contributed by atoms with E-state index in [0.29, 0.717) is 23.7 Å². The summed E-state index contributed by atoms with van der Waals surface area (Å²) >= 11 is 0. The minimum atomic E-state index is -0.0454. The number of quaternary nitrogens is 1. The first-order valence-corrected chi connectivity index (χ1v) is 8.57. The van der Waals surface area contributed by atoms with Crippen molar-refractivity contribution >= 4 is 17.5 Å². The number of carbonyl (C=O) groups excluding carboxylic acids is 1. The monoisotopic (exact) mass is 358 g/mol. The number of nitrogens with one attached hydrogen (secondary N) is 2. The van der Waals surface area contributed by atoms with Crippen LogP contribution in [0.3, 0.4) is 0 Å². The third-order valence-electron chi connectivity index (χ3n) is 4.40. The van der Waals surface area contributed by atoms with Crippen molar-refractivity contribution in [1.82, 2.24) is 9.97 Å². The molecule has 1 aromatic carbocycles. The Labute approximate surface area is 152 Å². The molecule has 26 heavy (non-hydrogen) atoms. The summed E-state index contributed by atoms with van der Waals surface area (Å²) in [6.07, 6.45) is 3.49. The standard InChI is InChI=1S/C18H23N5O3/c1-25-14-4-5-16(26-2)15(12-14)21-17(24)13-22-8-10-23(11-9-22)18-19-6-3-7-20-18/h3-7,12H,8-11,13H2,1-2H3,(H,21,24)/p+1. The fourth-order valence-electron chi connectivity index (χ4n) is 2.99. The second kappa shape index (κ2) is 8.48. The van der Waals surface area contributed by atoms with Gasteiger partial charge in [-0.05, 0) is 18.2 Å². The lowest BCUT2D eigenvalue weighted by molar-refractivity contribution is -0.892. The highest BCUT2D eigenvalue weighted by Crippen LogP contribution is 2.28. The van der Waals surface area contributed by atoms with Gasteiger partial charge in [-0.25, -0.2) is 9.97 Å². The molecule has 2 aromatic rings. The number of carbonyl (C=O) groups is 1. The molecule has 0 saturated carbocycles. The van der Waals surface area contributed by atoms with Crippen LogP contribution >= 0.6 is 0 Å². The highest BCUT2D eigenvalue weighted by molar-refractivity contribution is 5.93. The molecular weight excluding hydrogens is 334 g/mol. The van der Waals surface area contributed by atoms with Crippen LogP contribution in [0.5, 0.6) is 11.5 Å². The summed E-state index contributed by atoms with van der Waals surface area (Å²) in [7, 11) is 3.17. The summed E-state index contributed by atoms with van der Waals surface area (Å²) in [5.74, 6) is 1.98. The Morgan fingerprint density at radius 3 is 2.58 bits per heavy atom. The SMILES string of the molecule is COc1ccc(OC)c(NC(=O)C[NH+]2CCN(c3ncccn3)CC2)c1. The molecule has 1 amide bonds. The average molecular weight is 358 g/mol. The Morgan fingerprint density at radius 2 is 1.92 bits per heavy atom. The van der Waals surface area contributed by atoms with Crippen LogP contribution in [0, 0.1) is 0 Å². The van der Waals surface area contributed by atoms with Crippen LogP contribution < -0.4 is 24.6 Å². The van der Waals surface area contributed by atoms with Crippen LogP contribution in [0.1, 0.15) is 0 Å². The van der Waals surface area contributed by atoms with E-state index in [0.717, 1.165) is 32.1 Å². The number of nitrogens with zero attached hydrogens (tertiary/aromatic N) is 3. The number of ether oxygens (including phenoxy) is 2. The first kappa shape index (κ1) is 17.9. The number of anilines is 2. The van der Waals surface area contributed by atoms with Gasteiger partial charge in [0.25, 0.3) is 5.91 Å². The van der Waals surface area contributed by atoms with Crippen LogP contribution in [0.2, 0.25) is 0 Å². The molecule has 1 aromatic heterocycles. The van der Waals surface area contributed by atoms with Crippen molar-refractivity contribution in [1.29, 1.82) is 0 Å². The van der Waals surface area contributed by atoms with E-state index in [1.807, 2.05) is 6.07 Å². The molecule has 1 aliphatic heterocycles. The largest absolute Gasteiger partial charge is 0.497 e. The Bertz CT molecular complexity index is 733.